The number of hydrogen-bond donors (Lipinski definition) is 1. The normalized spacial score (nSPS) is 10.1. The van der Waals surface area contributed by atoms with Gasteiger partial charge in [-0.25, -0.2) is 0 Å². The number of halogens is 2. The first-order chi connectivity index (χ1) is 10.2. The van der Waals surface area contributed by atoms with Gasteiger partial charge in [0.2, 0.25) is 0 Å². The van der Waals surface area contributed by atoms with E-state index in [9.17, 15) is 4.79 Å². The van der Waals surface area contributed by atoms with E-state index < -0.39 is 5.24 Å². The summed E-state index contributed by atoms with van der Waals surface area (Å²) in [4.78, 5) is 10.9. The minimum atomic E-state index is -0.402. The zero-order valence-corrected chi connectivity index (χ0v) is 15.1. The highest BCUT2D eigenvalue weighted by atomic mass is 35.5. The Kier molecular flexibility index (Phi) is 13.4. The van der Waals surface area contributed by atoms with Gasteiger partial charge in [-0.1, -0.05) is 58.3 Å². The molecule has 22 heavy (non-hydrogen) atoms. The van der Waals surface area contributed by atoms with E-state index in [1.54, 1.807) is 12.1 Å². The maximum atomic E-state index is 10.9. The van der Waals surface area contributed by atoms with Crippen LogP contribution in [0.4, 0.5) is 5.69 Å². The first-order valence-electron chi connectivity index (χ1n) is 8.28. The van der Waals surface area contributed by atoms with Crippen molar-refractivity contribution in [2.24, 2.45) is 0 Å². The van der Waals surface area contributed by atoms with Gasteiger partial charge in [0.25, 0.3) is 5.24 Å². The first-order valence-corrected chi connectivity index (χ1v) is 8.65. The van der Waals surface area contributed by atoms with E-state index in [-0.39, 0.29) is 12.4 Å². The third-order valence-corrected chi connectivity index (χ3v) is 3.94. The van der Waals surface area contributed by atoms with E-state index in [1.807, 2.05) is 12.1 Å². The lowest BCUT2D eigenvalue weighted by Crippen LogP contribution is -2.01. The van der Waals surface area contributed by atoms with Crippen LogP contribution in [0.3, 0.4) is 0 Å². The second kappa shape index (κ2) is 13.9. The molecule has 0 saturated carbocycles. The lowest BCUT2D eigenvalue weighted by molar-refractivity contribution is 0.108. The number of carbonyl (C=O) groups excluding carboxylic acids is 1. The quantitative estimate of drug-likeness (QED) is 0.349. The van der Waals surface area contributed by atoms with Crippen LogP contribution in [0.15, 0.2) is 24.3 Å². The number of rotatable bonds is 12. The molecule has 0 spiro atoms. The Bertz CT molecular complexity index is 393. The zero-order valence-electron chi connectivity index (χ0n) is 13.6. The van der Waals surface area contributed by atoms with Crippen molar-refractivity contribution < 1.29 is 4.79 Å². The topological polar surface area (TPSA) is 29.1 Å². The summed E-state index contributed by atoms with van der Waals surface area (Å²) in [5.41, 5.74) is 1.60. The van der Waals surface area contributed by atoms with Crippen molar-refractivity contribution in [3.63, 3.8) is 0 Å². The van der Waals surface area contributed by atoms with Crippen LogP contribution in [-0.4, -0.2) is 11.8 Å². The van der Waals surface area contributed by atoms with E-state index in [4.69, 9.17) is 11.6 Å². The molecule has 1 N–H and O–H groups in total. The maximum Gasteiger partial charge on any atom is 0.252 e. The van der Waals surface area contributed by atoms with E-state index in [0.29, 0.717) is 5.56 Å². The minimum absolute atomic E-state index is 0. The summed E-state index contributed by atoms with van der Waals surface area (Å²) >= 11 is 5.41. The molecule has 1 aromatic carbocycles. The number of carbonyl (C=O) groups is 1. The van der Waals surface area contributed by atoms with Gasteiger partial charge in [0, 0.05) is 17.8 Å². The Labute approximate surface area is 146 Å². The average molecular weight is 346 g/mol. The third kappa shape index (κ3) is 10.1. The molecule has 0 atom stereocenters. The van der Waals surface area contributed by atoms with Crippen LogP contribution in [-0.2, 0) is 0 Å². The molecule has 4 heteroatoms. The predicted octanol–water partition coefficient (Wildman–Crippen LogP) is 6.43. The predicted molar refractivity (Wildman–Crippen MR) is 99.6 cm³/mol. The summed E-state index contributed by atoms with van der Waals surface area (Å²) in [6.45, 7) is 3.25. The molecule has 0 aliphatic heterocycles. The van der Waals surface area contributed by atoms with Gasteiger partial charge in [0.1, 0.15) is 0 Å². The third-order valence-electron chi connectivity index (χ3n) is 3.72. The van der Waals surface area contributed by atoms with Gasteiger partial charge in [-0.3, -0.25) is 4.79 Å². The summed E-state index contributed by atoms with van der Waals surface area (Å²) in [7, 11) is 0. The van der Waals surface area contributed by atoms with Gasteiger partial charge in [-0.2, -0.15) is 0 Å². The number of unbranched alkanes of at least 4 members (excludes halogenated alkanes) is 8. The lowest BCUT2D eigenvalue weighted by atomic mass is 10.1. The van der Waals surface area contributed by atoms with E-state index in [2.05, 4.69) is 12.2 Å². The molecule has 0 aliphatic rings. The molecule has 1 rings (SSSR count). The molecule has 0 radical (unpaired) electrons. The standard InChI is InChI=1S/C18H28ClNO.ClH/c1-2-3-4-5-6-7-8-9-10-15-20-17-13-11-16(12-14-17)18(19)21;/h11-14,20H,2-10,15H2,1H3;1H. The maximum absolute atomic E-state index is 10.9. The highest BCUT2D eigenvalue weighted by molar-refractivity contribution is 6.67. The monoisotopic (exact) mass is 345 g/mol. The minimum Gasteiger partial charge on any atom is -0.385 e. The summed E-state index contributed by atoms with van der Waals surface area (Å²) in [6.07, 6.45) is 12.1. The molecule has 1 aromatic rings. The van der Waals surface area contributed by atoms with E-state index in [1.165, 1.54) is 57.8 Å². The summed E-state index contributed by atoms with van der Waals surface area (Å²) in [5.74, 6) is 0. The van der Waals surface area contributed by atoms with E-state index >= 15 is 0 Å². The molecule has 0 heterocycles. The van der Waals surface area contributed by atoms with Gasteiger partial charge in [0.05, 0.1) is 0 Å². The molecular weight excluding hydrogens is 317 g/mol. The van der Waals surface area contributed by atoms with Gasteiger partial charge in [0.15, 0.2) is 0 Å². The lowest BCUT2D eigenvalue weighted by Gasteiger charge is -2.06. The Balaban J connectivity index is 0.00000441. The van der Waals surface area contributed by atoms with Crippen molar-refractivity contribution in [3.8, 4) is 0 Å². The van der Waals surface area contributed by atoms with Crippen molar-refractivity contribution in [1.82, 2.24) is 0 Å². The molecular formula is C18H29Cl2NO. The second-order valence-electron chi connectivity index (χ2n) is 5.61. The van der Waals surface area contributed by atoms with Gasteiger partial charge in [-0.15, -0.1) is 12.4 Å². The summed E-state index contributed by atoms with van der Waals surface area (Å²) in [6, 6.07) is 7.33. The molecule has 0 unspecified atom stereocenters. The van der Waals surface area contributed by atoms with Crippen LogP contribution in [0.1, 0.15) is 75.1 Å². The van der Waals surface area contributed by atoms with E-state index in [0.717, 1.165) is 12.2 Å². The Morgan fingerprint density at radius 1 is 0.909 bits per heavy atom. The number of anilines is 1. The van der Waals surface area contributed by atoms with Crippen molar-refractivity contribution in [1.29, 1.82) is 0 Å². The van der Waals surface area contributed by atoms with Gasteiger partial charge in [-0.05, 0) is 42.3 Å². The fraction of sp³-hybridized carbons (Fsp3) is 0.611. The largest absolute Gasteiger partial charge is 0.385 e. The molecule has 0 bridgehead atoms. The average Bonchev–Trinajstić information content (AvgIpc) is 2.49. The Morgan fingerprint density at radius 3 is 1.91 bits per heavy atom. The fourth-order valence-corrected chi connectivity index (χ4v) is 2.51. The highest BCUT2D eigenvalue weighted by Crippen LogP contribution is 2.12. The van der Waals surface area contributed by atoms with Crippen molar-refractivity contribution >= 4 is 34.9 Å². The first kappa shape index (κ1) is 21.3. The van der Waals surface area contributed by atoms with Crippen LogP contribution in [0, 0.1) is 0 Å². The van der Waals surface area contributed by atoms with Gasteiger partial charge < -0.3 is 5.32 Å². The number of nitrogens with one attached hydrogen (secondary N) is 1. The Morgan fingerprint density at radius 2 is 1.41 bits per heavy atom. The summed E-state index contributed by atoms with van der Waals surface area (Å²) in [5, 5.41) is 2.97. The van der Waals surface area contributed by atoms with Crippen LogP contribution in [0.5, 0.6) is 0 Å². The molecule has 0 aliphatic carbocycles. The molecule has 126 valence electrons. The SMILES string of the molecule is CCCCCCCCCCCNc1ccc(C(=O)Cl)cc1.Cl. The van der Waals surface area contributed by atoms with Crippen LogP contribution in [0.2, 0.25) is 0 Å². The Hall–Kier alpha value is -0.730. The van der Waals surface area contributed by atoms with Crippen molar-refractivity contribution in [3.05, 3.63) is 29.8 Å². The zero-order chi connectivity index (χ0) is 15.3. The second-order valence-corrected chi connectivity index (χ2v) is 5.95. The van der Waals surface area contributed by atoms with Crippen LogP contribution >= 0.6 is 24.0 Å². The molecule has 2 nitrogen and oxygen atoms in total. The van der Waals surface area contributed by atoms with Crippen LogP contribution in [0.25, 0.3) is 0 Å². The summed E-state index contributed by atoms with van der Waals surface area (Å²) < 4.78 is 0. The van der Waals surface area contributed by atoms with Crippen molar-refractivity contribution in [2.45, 2.75) is 64.7 Å². The molecule has 0 amide bonds. The number of hydrogen-bond acceptors (Lipinski definition) is 2. The van der Waals surface area contributed by atoms with Gasteiger partial charge >= 0.3 is 0 Å². The number of benzene rings is 1. The highest BCUT2D eigenvalue weighted by Gasteiger charge is 2.00. The molecule has 0 saturated heterocycles. The van der Waals surface area contributed by atoms with Crippen LogP contribution < -0.4 is 5.32 Å². The molecule has 0 fully saturated rings. The smallest absolute Gasteiger partial charge is 0.252 e. The molecule has 0 aromatic heterocycles. The van der Waals surface area contributed by atoms with Crippen molar-refractivity contribution in [2.75, 3.05) is 11.9 Å². The fourth-order valence-electron chi connectivity index (χ4n) is 2.39.